The molecule has 0 bridgehead atoms. The molecule has 0 saturated heterocycles. The Hall–Kier alpha value is -2.00. The number of rotatable bonds is 5. The lowest BCUT2D eigenvalue weighted by Gasteiger charge is -2.27. The molecule has 0 aromatic heterocycles. The van der Waals surface area contributed by atoms with E-state index in [9.17, 15) is 18.5 Å². The molecule has 2 N–H and O–H groups in total. The molecule has 0 saturated carbocycles. The Labute approximate surface area is 164 Å². The molecule has 0 radical (unpaired) electrons. The number of hydrogen-bond acceptors (Lipinski definition) is 5. The number of nitro groups is 1. The number of halogens is 1. The van der Waals surface area contributed by atoms with Crippen LogP contribution in [0.5, 0.6) is 0 Å². The maximum absolute atomic E-state index is 12.7. The van der Waals surface area contributed by atoms with E-state index in [0.717, 1.165) is 24.6 Å². The summed E-state index contributed by atoms with van der Waals surface area (Å²) in [5.41, 5.74) is 3.01. The van der Waals surface area contributed by atoms with Crippen LogP contribution in [-0.4, -0.2) is 26.4 Å². The number of sulfonamides is 1. The van der Waals surface area contributed by atoms with Gasteiger partial charge in [-0.15, -0.1) is 12.4 Å². The molecule has 0 fully saturated rings. The fourth-order valence-corrected chi connectivity index (χ4v) is 4.64. The van der Waals surface area contributed by atoms with E-state index in [4.69, 9.17) is 0 Å². The van der Waals surface area contributed by atoms with Crippen LogP contribution in [0.25, 0.3) is 0 Å². The zero-order valence-electron chi connectivity index (χ0n) is 15.1. The maximum Gasteiger partial charge on any atom is 0.273 e. The third-order valence-electron chi connectivity index (χ3n) is 4.67. The van der Waals surface area contributed by atoms with Crippen LogP contribution in [0.2, 0.25) is 0 Å². The summed E-state index contributed by atoms with van der Waals surface area (Å²) < 4.78 is 28.1. The van der Waals surface area contributed by atoms with E-state index < -0.39 is 14.9 Å². The Kier molecular flexibility index (Phi) is 6.59. The lowest BCUT2D eigenvalue weighted by Crippen LogP contribution is -2.39. The number of fused-ring (bicyclic) bond motifs is 1. The first-order chi connectivity index (χ1) is 12.3. The Morgan fingerprint density at radius 3 is 2.63 bits per heavy atom. The lowest BCUT2D eigenvalue weighted by atomic mass is 9.95. The van der Waals surface area contributed by atoms with Crippen LogP contribution >= 0.6 is 12.4 Å². The summed E-state index contributed by atoms with van der Waals surface area (Å²) in [4.78, 5) is 10.5. The minimum atomic E-state index is -3.86. The Morgan fingerprint density at radius 2 is 1.93 bits per heavy atom. The van der Waals surface area contributed by atoms with E-state index in [0.29, 0.717) is 11.1 Å². The van der Waals surface area contributed by atoms with Gasteiger partial charge in [-0.25, -0.2) is 13.1 Å². The zero-order chi connectivity index (χ0) is 18.9. The van der Waals surface area contributed by atoms with Crippen LogP contribution in [0, 0.1) is 24.0 Å². The first kappa shape index (κ1) is 21.3. The van der Waals surface area contributed by atoms with Crippen LogP contribution in [0.15, 0.2) is 41.3 Å². The summed E-state index contributed by atoms with van der Waals surface area (Å²) in [6.45, 7) is 4.19. The lowest BCUT2D eigenvalue weighted by molar-refractivity contribution is -0.385. The van der Waals surface area contributed by atoms with E-state index >= 15 is 0 Å². The van der Waals surface area contributed by atoms with Gasteiger partial charge < -0.3 is 5.32 Å². The molecule has 1 heterocycles. The zero-order valence-corrected chi connectivity index (χ0v) is 16.7. The van der Waals surface area contributed by atoms with E-state index in [1.807, 2.05) is 24.3 Å². The van der Waals surface area contributed by atoms with Gasteiger partial charge in [0.05, 0.1) is 9.82 Å². The molecule has 0 amide bonds. The molecule has 2 aromatic rings. The van der Waals surface area contributed by atoms with Gasteiger partial charge in [-0.3, -0.25) is 10.1 Å². The quantitative estimate of drug-likeness (QED) is 0.581. The monoisotopic (exact) mass is 411 g/mol. The minimum Gasteiger partial charge on any atom is -0.308 e. The highest BCUT2D eigenvalue weighted by atomic mass is 35.5. The number of nitrogens with one attached hydrogen (secondary N) is 2. The predicted molar refractivity (Wildman–Crippen MR) is 106 cm³/mol. The molecular formula is C18H22ClN3O4S. The SMILES string of the molecule is Cc1cc(C)c(S(=O)(=O)NCC2NCCc3ccccc32)cc1[N+](=O)[O-].Cl. The molecule has 9 heteroatoms. The summed E-state index contributed by atoms with van der Waals surface area (Å²) in [5.74, 6) is 0. The molecule has 1 aliphatic heterocycles. The first-order valence-corrected chi connectivity index (χ1v) is 9.84. The van der Waals surface area contributed by atoms with Crippen molar-refractivity contribution in [3.05, 3.63) is 68.8 Å². The van der Waals surface area contributed by atoms with Gasteiger partial charge in [-0.2, -0.15) is 0 Å². The number of aryl methyl sites for hydroxylation is 2. The summed E-state index contributed by atoms with van der Waals surface area (Å²) in [6.07, 6.45) is 0.905. The summed E-state index contributed by atoms with van der Waals surface area (Å²) >= 11 is 0. The largest absolute Gasteiger partial charge is 0.308 e. The molecular weight excluding hydrogens is 390 g/mol. The second kappa shape index (κ2) is 8.35. The van der Waals surface area contributed by atoms with Gasteiger partial charge in [0.15, 0.2) is 0 Å². The highest BCUT2D eigenvalue weighted by Gasteiger charge is 2.25. The molecule has 1 atom stereocenters. The number of benzene rings is 2. The van der Waals surface area contributed by atoms with E-state index in [1.165, 1.54) is 11.6 Å². The molecule has 27 heavy (non-hydrogen) atoms. The van der Waals surface area contributed by atoms with Crippen LogP contribution in [0.1, 0.15) is 28.3 Å². The fourth-order valence-electron chi connectivity index (χ4n) is 3.35. The van der Waals surface area contributed by atoms with Crippen molar-refractivity contribution in [3.8, 4) is 0 Å². The van der Waals surface area contributed by atoms with Gasteiger partial charge in [0.2, 0.25) is 10.0 Å². The molecule has 0 spiro atoms. The van der Waals surface area contributed by atoms with Crippen LogP contribution < -0.4 is 10.0 Å². The van der Waals surface area contributed by atoms with Crippen LogP contribution in [0.4, 0.5) is 5.69 Å². The average Bonchev–Trinajstić information content (AvgIpc) is 2.59. The van der Waals surface area contributed by atoms with Gasteiger partial charge in [0, 0.05) is 24.2 Å². The fraction of sp³-hybridized carbons (Fsp3) is 0.333. The van der Waals surface area contributed by atoms with Gasteiger partial charge in [0.1, 0.15) is 0 Å². The normalized spacial score (nSPS) is 16.3. The molecule has 146 valence electrons. The Morgan fingerprint density at radius 1 is 1.22 bits per heavy atom. The van der Waals surface area contributed by atoms with E-state index in [2.05, 4.69) is 10.0 Å². The minimum absolute atomic E-state index is 0. The number of nitro benzene ring substituents is 1. The summed E-state index contributed by atoms with van der Waals surface area (Å²) in [7, 11) is -3.86. The number of nitrogens with zero attached hydrogens (tertiary/aromatic N) is 1. The molecule has 1 unspecified atom stereocenters. The summed E-state index contributed by atoms with van der Waals surface area (Å²) in [6, 6.07) is 10.5. The third kappa shape index (κ3) is 4.47. The molecule has 1 aliphatic rings. The highest BCUT2D eigenvalue weighted by Crippen LogP contribution is 2.27. The second-order valence-electron chi connectivity index (χ2n) is 6.47. The highest BCUT2D eigenvalue weighted by molar-refractivity contribution is 7.89. The molecule has 3 rings (SSSR count). The van der Waals surface area contributed by atoms with Crippen molar-refractivity contribution in [1.29, 1.82) is 0 Å². The van der Waals surface area contributed by atoms with Gasteiger partial charge in [-0.05, 0) is 49.6 Å². The second-order valence-corrected chi connectivity index (χ2v) is 8.20. The van der Waals surface area contributed by atoms with Crippen molar-refractivity contribution in [2.24, 2.45) is 0 Å². The standard InChI is InChI=1S/C18H21N3O4S.ClH/c1-12-9-13(2)18(10-17(12)21(22)23)26(24,25)20-11-16-15-6-4-3-5-14(15)7-8-19-16;/h3-6,9-10,16,19-20H,7-8,11H2,1-2H3;1H. The van der Waals surface area contributed by atoms with Crippen molar-refractivity contribution in [2.45, 2.75) is 31.2 Å². The summed E-state index contributed by atoms with van der Waals surface area (Å²) in [5, 5.41) is 14.5. The third-order valence-corrected chi connectivity index (χ3v) is 6.24. The van der Waals surface area contributed by atoms with Crippen LogP contribution in [0.3, 0.4) is 0 Å². The van der Waals surface area contributed by atoms with Crippen molar-refractivity contribution in [2.75, 3.05) is 13.1 Å². The van der Waals surface area contributed by atoms with Crippen molar-refractivity contribution in [3.63, 3.8) is 0 Å². The number of hydrogen-bond donors (Lipinski definition) is 2. The molecule has 2 aromatic carbocycles. The van der Waals surface area contributed by atoms with E-state index in [1.54, 1.807) is 13.8 Å². The van der Waals surface area contributed by atoms with Gasteiger partial charge in [-0.1, -0.05) is 24.3 Å². The van der Waals surface area contributed by atoms with Crippen LogP contribution in [-0.2, 0) is 16.4 Å². The topological polar surface area (TPSA) is 101 Å². The molecule has 0 aliphatic carbocycles. The predicted octanol–water partition coefficient (Wildman–Crippen LogP) is 2.80. The van der Waals surface area contributed by atoms with Gasteiger partial charge in [0.25, 0.3) is 5.69 Å². The van der Waals surface area contributed by atoms with Crippen molar-refractivity contribution < 1.29 is 13.3 Å². The van der Waals surface area contributed by atoms with Crippen molar-refractivity contribution >= 4 is 28.1 Å². The first-order valence-electron chi connectivity index (χ1n) is 8.36. The smallest absolute Gasteiger partial charge is 0.273 e. The maximum atomic E-state index is 12.7. The van der Waals surface area contributed by atoms with Gasteiger partial charge >= 0.3 is 0 Å². The molecule has 7 nitrogen and oxygen atoms in total. The van der Waals surface area contributed by atoms with Crippen molar-refractivity contribution in [1.82, 2.24) is 10.0 Å². The Bertz CT molecular complexity index is 963. The Balaban J connectivity index is 0.00000261. The average molecular weight is 412 g/mol. The van der Waals surface area contributed by atoms with E-state index in [-0.39, 0.29) is 35.6 Å².